The smallest absolute Gasteiger partial charge is 0.271 e. The Morgan fingerprint density at radius 3 is 2.28 bits per heavy atom. The maximum Gasteiger partial charge on any atom is 0.271 e. The molecule has 2 N–H and O–H groups in total. The molecule has 2 rings (SSSR count). The third kappa shape index (κ3) is 4.75. The Balaban J connectivity index is 2.14. The van der Waals surface area contributed by atoms with Gasteiger partial charge in [-0.1, -0.05) is 0 Å². The number of aromatic hydroxyl groups is 1. The molecule has 0 unspecified atom stereocenters. The second-order valence-corrected chi connectivity index (χ2v) is 6.02. The van der Waals surface area contributed by atoms with E-state index in [0.29, 0.717) is 31.9 Å². The van der Waals surface area contributed by atoms with Crippen molar-refractivity contribution in [2.45, 2.75) is 0 Å². The molecule has 0 radical (unpaired) electrons. The molecule has 0 saturated heterocycles. The van der Waals surface area contributed by atoms with Gasteiger partial charge in [0, 0.05) is 11.6 Å². The molecule has 0 aromatic heterocycles. The summed E-state index contributed by atoms with van der Waals surface area (Å²) in [7, 11) is 4.48. The summed E-state index contributed by atoms with van der Waals surface area (Å²) in [6, 6.07) is 8.16. The normalized spacial score (nSPS) is 10.6. The third-order valence-electron chi connectivity index (χ3n) is 3.26. The molecule has 0 heterocycles. The van der Waals surface area contributed by atoms with Crippen LogP contribution in [0.15, 0.2) is 35.4 Å². The van der Waals surface area contributed by atoms with Crippen LogP contribution >= 0.6 is 22.6 Å². The Morgan fingerprint density at radius 1 is 1.08 bits per heavy atom. The van der Waals surface area contributed by atoms with Crippen LogP contribution in [0.5, 0.6) is 23.0 Å². The number of carbonyl (C=O) groups is 1. The van der Waals surface area contributed by atoms with E-state index in [0.717, 1.165) is 0 Å². The Morgan fingerprint density at radius 2 is 1.72 bits per heavy atom. The number of hydrogen-bond acceptors (Lipinski definition) is 6. The summed E-state index contributed by atoms with van der Waals surface area (Å²) in [5, 5.41) is 13.7. The summed E-state index contributed by atoms with van der Waals surface area (Å²) in [5.74, 6) is 0.997. The minimum Gasteiger partial charge on any atom is -0.504 e. The third-order valence-corrected chi connectivity index (χ3v) is 4.09. The van der Waals surface area contributed by atoms with Gasteiger partial charge in [-0.25, -0.2) is 5.43 Å². The summed E-state index contributed by atoms with van der Waals surface area (Å²) in [6.45, 7) is 0. The minimum atomic E-state index is -0.408. The fourth-order valence-electron chi connectivity index (χ4n) is 1.99. The maximum atomic E-state index is 12.2. The molecule has 132 valence electrons. The van der Waals surface area contributed by atoms with Crippen LogP contribution in [0.1, 0.15) is 15.9 Å². The van der Waals surface area contributed by atoms with Crippen molar-refractivity contribution in [1.82, 2.24) is 5.43 Å². The van der Waals surface area contributed by atoms with Crippen molar-refractivity contribution in [3.05, 3.63) is 45.0 Å². The molecule has 2 aromatic rings. The van der Waals surface area contributed by atoms with Crippen LogP contribution in [0, 0.1) is 3.57 Å². The molecule has 2 aromatic carbocycles. The van der Waals surface area contributed by atoms with Crippen LogP contribution in [0.3, 0.4) is 0 Å². The van der Waals surface area contributed by atoms with Crippen LogP contribution in [-0.2, 0) is 0 Å². The van der Waals surface area contributed by atoms with E-state index in [1.54, 1.807) is 30.3 Å². The number of hydrazone groups is 1. The van der Waals surface area contributed by atoms with Gasteiger partial charge in [0.1, 0.15) is 11.5 Å². The second-order valence-electron chi connectivity index (χ2n) is 4.85. The first-order valence-electron chi connectivity index (χ1n) is 7.11. The van der Waals surface area contributed by atoms with Crippen molar-refractivity contribution in [3.8, 4) is 23.0 Å². The first-order valence-corrected chi connectivity index (χ1v) is 8.19. The van der Waals surface area contributed by atoms with E-state index in [1.807, 2.05) is 22.6 Å². The monoisotopic (exact) mass is 456 g/mol. The fourth-order valence-corrected chi connectivity index (χ4v) is 2.62. The average molecular weight is 456 g/mol. The molecule has 1 amide bonds. The van der Waals surface area contributed by atoms with E-state index >= 15 is 0 Å². The largest absolute Gasteiger partial charge is 0.504 e. The predicted octanol–water partition coefficient (Wildman–Crippen LogP) is 2.79. The Kier molecular flexibility index (Phi) is 6.45. The van der Waals surface area contributed by atoms with Crippen molar-refractivity contribution in [2.75, 3.05) is 21.3 Å². The molecule has 0 bridgehead atoms. The van der Waals surface area contributed by atoms with Crippen molar-refractivity contribution in [3.63, 3.8) is 0 Å². The molecule has 0 aliphatic rings. The molecule has 0 aliphatic heterocycles. The van der Waals surface area contributed by atoms with Gasteiger partial charge in [0.05, 0.1) is 31.1 Å². The first kappa shape index (κ1) is 18.8. The molecule has 0 spiro atoms. The summed E-state index contributed by atoms with van der Waals surface area (Å²) in [5.41, 5.74) is 3.46. The topological polar surface area (TPSA) is 89.4 Å². The lowest BCUT2D eigenvalue weighted by atomic mass is 10.2. The van der Waals surface area contributed by atoms with Crippen LogP contribution in [-0.4, -0.2) is 38.6 Å². The average Bonchev–Trinajstić information content (AvgIpc) is 2.63. The summed E-state index contributed by atoms with van der Waals surface area (Å²) in [4.78, 5) is 12.2. The van der Waals surface area contributed by atoms with Crippen LogP contribution in [0.25, 0.3) is 0 Å². The highest BCUT2D eigenvalue weighted by Crippen LogP contribution is 2.31. The second kappa shape index (κ2) is 8.56. The number of phenols is 1. The lowest BCUT2D eigenvalue weighted by Gasteiger charge is -2.08. The van der Waals surface area contributed by atoms with E-state index < -0.39 is 5.91 Å². The van der Waals surface area contributed by atoms with E-state index in [9.17, 15) is 9.90 Å². The highest BCUT2D eigenvalue weighted by Gasteiger charge is 2.10. The van der Waals surface area contributed by atoms with Crippen molar-refractivity contribution in [2.24, 2.45) is 5.10 Å². The van der Waals surface area contributed by atoms with Crippen LogP contribution < -0.4 is 19.6 Å². The number of hydrogen-bond donors (Lipinski definition) is 2. The van der Waals surface area contributed by atoms with Crippen LogP contribution in [0.2, 0.25) is 0 Å². The first-order chi connectivity index (χ1) is 12.0. The Labute approximate surface area is 158 Å². The molecule has 7 nitrogen and oxygen atoms in total. The zero-order chi connectivity index (χ0) is 18.4. The molecular formula is C17H17IN2O5. The number of amides is 1. The molecular weight excluding hydrogens is 439 g/mol. The van der Waals surface area contributed by atoms with E-state index in [4.69, 9.17) is 14.2 Å². The van der Waals surface area contributed by atoms with Gasteiger partial charge < -0.3 is 19.3 Å². The molecule has 0 saturated carbocycles. The molecule has 25 heavy (non-hydrogen) atoms. The highest BCUT2D eigenvalue weighted by atomic mass is 127. The lowest BCUT2D eigenvalue weighted by Crippen LogP contribution is -2.17. The fraction of sp³-hybridized carbons (Fsp3) is 0.176. The minimum absolute atomic E-state index is 0.0627. The van der Waals surface area contributed by atoms with Crippen molar-refractivity contribution < 1.29 is 24.1 Å². The summed E-state index contributed by atoms with van der Waals surface area (Å²) < 4.78 is 16.0. The molecule has 8 heteroatoms. The highest BCUT2D eigenvalue weighted by molar-refractivity contribution is 14.1. The number of methoxy groups -OCH3 is 3. The van der Waals surface area contributed by atoms with Gasteiger partial charge in [-0.05, 0) is 52.4 Å². The van der Waals surface area contributed by atoms with Gasteiger partial charge >= 0.3 is 0 Å². The number of nitrogens with zero attached hydrogens (tertiary/aromatic N) is 1. The number of ether oxygens (including phenoxy) is 3. The summed E-state index contributed by atoms with van der Waals surface area (Å²) >= 11 is 1.98. The zero-order valence-corrected chi connectivity index (χ0v) is 16.0. The number of rotatable bonds is 6. The van der Waals surface area contributed by atoms with Gasteiger partial charge in [-0.2, -0.15) is 5.10 Å². The Hall–Kier alpha value is -2.49. The number of nitrogens with one attached hydrogen (secondary N) is 1. The van der Waals surface area contributed by atoms with E-state index in [2.05, 4.69) is 10.5 Å². The molecule has 0 atom stereocenters. The maximum absolute atomic E-state index is 12.2. The van der Waals surface area contributed by atoms with E-state index in [-0.39, 0.29) is 5.75 Å². The van der Waals surface area contributed by atoms with Gasteiger partial charge in [0.15, 0.2) is 11.5 Å². The predicted molar refractivity (Wildman–Crippen MR) is 102 cm³/mol. The number of phenolic OH excluding ortho intramolecular Hbond substituents is 1. The Bertz CT molecular complexity index is 786. The molecule has 0 aliphatic carbocycles. The van der Waals surface area contributed by atoms with Crippen LogP contribution in [0.4, 0.5) is 0 Å². The van der Waals surface area contributed by atoms with Crippen molar-refractivity contribution in [1.29, 1.82) is 0 Å². The number of carbonyl (C=O) groups excluding carboxylic acids is 1. The standard InChI is InChI=1S/C17H17IN2O5/c1-23-12-6-11(7-13(8-12)24-2)17(22)20-19-9-10-4-14(18)16(21)15(5-10)25-3/h4-9,21H,1-3H3,(H,20,22). The summed E-state index contributed by atoms with van der Waals surface area (Å²) in [6.07, 6.45) is 1.46. The number of halogens is 1. The van der Waals surface area contributed by atoms with Gasteiger partial charge in [-0.15, -0.1) is 0 Å². The van der Waals surface area contributed by atoms with Crippen molar-refractivity contribution >= 4 is 34.7 Å². The van der Waals surface area contributed by atoms with Gasteiger partial charge in [0.2, 0.25) is 0 Å². The number of benzene rings is 2. The molecule has 0 fully saturated rings. The quantitative estimate of drug-likeness (QED) is 0.397. The van der Waals surface area contributed by atoms with E-state index in [1.165, 1.54) is 27.5 Å². The lowest BCUT2D eigenvalue weighted by molar-refractivity contribution is 0.0954. The van der Waals surface area contributed by atoms with Gasteiger partial charge in [0.25, 0.3) is 5.91 Å². The SMILES string of the molecule is COc1cc(OC)cc(C(=O)NN=Cc2cc(I)c(O)c(OC)c2)c1. The van der Waals surface area contributed by atoms with Gasteiger partial charge in [-0.3, -0.25) is 4.79 Å². The zero-order valence-electron chi connectivity index (χ0n) is 13.9.